The Morgan fingerprint density at radius 2 is 1.90 bits per heavy atom. The molecule has 0 bridgehead atoms. The minimum atomic E-state index is -0.272. The molecular formula is C16H21NO3. The van der Waals surface area contributed by atoms with Crippen LogP contribution in [-0.4, -0.2) is 36.5 Å². The number of hydrogen-bond donors (Lipinski definition) is 0. The number of likely N-dealkylation sites (N-methyl/N-ethyl adjacent to an activating group) is 1. The second-order valence-corrected chi connectivity index (χ2v) is 4.22. The van der Waals surface area contributed by atoms with Gasteiger partial charge in [0, 0.05) is 19.2 Å². The van der Waals surface area contributed by atoms with Crippen LogP contribution in [-0.2, 0) is 14.3 Å². The lowest BCUT2D eigenvalue weighted by molar-refractivity contribution is -0.143. The molecule has 0 atom stereocenters. The van der Waals surface area contributed by atoms with Crippen molar-refractivity contribution >= 4 is 18.0 Å². The average molecular weight is 275 g/mol. The molecule has 1 aromatic carbocycles. The second kappa shape index (κ2) is 8.91. The van der Waals surface area contributed by atoms with E-state index < -0.39 is 0 Å². The molecule has 0 unspecified atom stereocenters. The number of esters is 1. The van der Waals surface area contributed by atoms with Gasteiger partial charge in [0.05, 0.1) is 13.0 Å². The van der Waals surface area contributed by atoms with E-state index in [1.807, 2.05) is 37.3 Å². The lowest BCUT2D eigenvalue weighted by Gasteiger charge is -2.18. The highest BCUT2D eigenvalue weighted by Crippen LogP contribution is 2.03. The lowest BCUT2D eigenvalue weighted by atomic mass is 10.2. The van der Waals surface area contributed by atoms with Crippen molar-refractivity contribution in [2.24, 2.45) is 0 Å². The molecule has 108 valence electrons. The smallest absolute Gasteiger partial charge is 0.307 e. The predicted molar refractivity (Wildman–Crippen MR) is 79.0 cm³/mol. The first-order valence-electron chi connectivity index (χ1n) is 6.85. The maximum absolute atomic E-state index is 12.0. The third kappa shape index (κ3) is 5.69. The summed E-state index contributed by atoms with van der Waals surface area (Å²) in [5, 5.41) is 0. The Morgan fingerprint density at radius 3 is 2.50 bits per heavy atom. The molecule has 4 heteroatoms. The van der Waals surface area contributed by atoms with Crippen LogP contribution in [0.15, 0.2) is 36.4 Å². The van der Waals surface area contributed by atoms with Crippen LogP contribution in [0.1, 0.15) is 25.8 Å². The highest BCUT2D eigenvalue weighted by molar-refractivity contribution is 5.92. The van der Waals surface area contributed by atoms with Gasteiger partial charge in [-0.3, -0.25) is 9.59 Å². The van der Waals surface area contributed by atoms with E-state index in [0.717, 1.165) is 5.56 Å². The highest BCUT2D eigenvalue weighted by atomic mass is 16.5. The number of rotatable bonds is 7. The normalized spacial score (nSPS) is 10.5. The van der Waals surface area contributed by atoms with Crippen molar-refractivity contribution in [2.75, 3.05) is 19.7 Å². The summed E-state index contributed by atoms with van der Waals surface area (Å²) in [6.45, 7) is 4.97. The van der Waals surface area contributed by atoms with E-state index >= 15 is 0 Å². The van der Waals surface area contributed by atoms with E-state index in [2.05, 4.69) is 0 Å². The maximum atomic E-state index is 12.0. The Kier molecular flexibility index (Phi) is 7.11. The van der Waals surface area contributed by atoms with Gasteiger partial charge < -0.3 is 9.64 Å². The summed E-state index contributed by atoms with van der Waals surface area (Å²) >= 11 is 0. The summed E-state index contributed by atoms with van der Waals surface area (Å²) < 4.78 is 4.85. The van der Waals surface area contributed by atoms with E-state index in [9.17, 15) is 9.59 Å². The van der Waals surface area contributed by atoms with Crippen molar-refractivity contribution in [1.82, 2.24) is 4.90 Å². The van der Waals surface area contributed by atoms with Crippen molar-refractivity contribution < 1.29 is 14.3 Å². The summed E-state index contributed by atoms with van der Waals surface area (Å²) in [6.07, 6.45) is 3.53. The molecule has 20 heavy (non-hydrogen) atoms. The monoisotopic (exact) mass is 275 g/mol. The van der Waals surface area contributed by atoms with Crippen molar-refractivity contribution in [1.29, 1.82) is 0 Å². The van der Waals surface area contributed by atoms with Gasteiger partial charge in [0.25, 0.3) is 0 Å². The Labute approximate surface area is 120 Å². The fraction of sp³-hybridized carbons (Fsp3) is 0.375. The highest BCUT2D eigenvalue weighted by Gasteiger charge is 2.11. The third-order valence-corrected chi connectivity index (χ3v) is 2.80. The summed E-state index contributed by atoms with van der Waals surface area (Å²) in [4.78, 5) is 24.9. The van der Waals surface area contributed by atoms with Crippen LogP contribution in [0.2, 0.25) is 0 Å². The molecule has 0 saturated carbocycles. The standard InChI is InChI=1S/C16H21NO3/c1-3-17(13-12-16(19)20-4-2)15(18)11-10-14-8-6-5-7-9-14/h5-11H,3-4,12-13H2,1-2H3/b11-10+. The molecule has 1 amide bonds. The number of nitrogens with zero attached hydrogens (tertiary/aromatic N) is 1. The quantitative estimate of drug-likeness (QED) is 0.567. The van der Waals surface area contributed by atoms with Gasteiger partial charge in [-0.25, -0.2) is 0 Å². The number of benzene rings is 1. The molecule has 4 nitrogen and oxygen atoms in total. The SMILES string of the molecule is CCOC(=O)CCN(CC)C(=O)/C=C/c1ccccc1. The number of hydrogen-bond acceptors (Lipinski definition) is 3. The van der Waals surface area contributed by atoms with E-state index in [0.29, 0.717) is 19.7 Å². The summed E-state index contributed by atoms with van der Waals surface area (Å²) in [5.74, 6) is -0.369. The van der Waals surface area contributed by atoms with Crippen molar-refractivity contribution in [3.8, 4) is 0 Å². The van der Waals surface area contributed by atoms with Crippen molar-refractivity contribution in [2.45, 2.75) is 20.3 Å². The minimum Gasteiger partial charge on any atom is -0.466 e. The molecule has 0 aliphatic heterocycles. The molecular weight excluding hydrogens is 254 g/mol. The molecule has 0 aliphatic rings. The van der Waals surface area contributed by atoms with Crippen molar-refractivity contribution in [3.63, 3.8) is 0 Å². The summed E-state index contributed by atoms with van der Waals surface area (Å²) in [7, 11) is 0. The molecule has 0 radical (unpaired) electrons. The Bertz CT molecular complexity index is 454. The topological polar surface area (TPSA) is 46.6 Å². The largest absolute Gasteiger partial charge is 0.466 e. The predicted octanol–water partition coefficient (Wildman–Crippen LogP) is 2.50. The molecule has 0 aliphatic carbocycles. The first kappa shape index (κ1) is 16.0. The van der Waals surface area contributed by atoms with Crippen LogP contribution in [0.25, 0.3) is 6.08 Å². The van der Waals surface area contributed by atoms with Crippen LogP contribution in [0, 0.1) is 0 Å². The molecule has 1 aromatic rings. The molecule has 0 N–H and O–H groups in total. The first-order chi connectivity index (χ1) is 9.67. The van der Waals surface area contributed by atoms with E-state index in [1.165, 1.54) is 6.08 Å². The van der Waals surface area contributed by atoms with Crippen LogP contribution in [0.4, 0.5) is 0 Å². The zero-order valence-electron chi connectivity index (χ0n) is 12.0. The fourth-order valence-electron chi connectivity index (χ4n) is 1.72. The van der Waals surface area contributed by atoms with Crippen LogP contribution >= 0.6 is 0 Å². The molecule has 0 fully saturated rings. The molecule has 0 saturated heterocycles. The van der Waals surface area contributed by atoms with Gasteiger partial charge in [-0.2, -0.15) is 0 Å². The van der Waals surface area contributed by atoms with E-state index in [-0.39, 0.29) is 18.3 Å². The van der Waals surface area contributed by atoms with Crippen LogP contribution in [0.5, 0.6) is 0 Å². The molecule has 0 heterocycles. The van der Waals surface area contributed by atoms with E-state index in [4.69, 9.17) is 4.74 Å². The number of carbonyl (C=O) groups excluding carboxylic acids is 2. The maximum Gasteiger partial charge on any atom is 0.307 e. The average Bonchev–Trinajstić information content (AvgIpc) is 2.47. The fourth-order valence-corrected chi connectivity index (χ4v) is 1.72. The Balaban J connectivity index is 2.50. The van der Waals surface area contributed by atoms with Gasteiger partial charge in [0.15, 0.2) is 0 Å². The van der Waals surface area contributed by atoms with Gasteiger partial charge in [-0.05, 0) is 25.5 Å². The van der Waals surface area contributed by atoms with Gasteiger partial charge in [-0.15, -0.1) is 0 Å². The summed E-state index contributed by atoms with van der Waals surface area (Å²) in [5.41, 5.74) is 0.974. The number of ether oxygens (including phenoxy) is 1. The second-order valence-electron chi connectivity index (χ2n) is 4.22. The Morgan fingerprint density at radius 1 is 1.20 bits per heavy atom. The molecule has 1 rings (SSSR count). The minimum absolute atomic E-state index is 0.0966. The lowest BCUT2D eigenvalue weighted by Crippen LogP contribution is -2.31. The van der Waals surface area contributed by atoms with Crippen LogP contribution in [0.3, 0.4) is 0 Å². The van der Waals surface area contributed by atoms with Gasteiger partial charge in [-0.1, -0.05) is 30.3 Å². The number of carbonyl (C=O) groups is 2. The first-order valence-corrected chi connectivity index (χ1v) is 6.85. The van der Waals surface area contributed by atoms with Gasteiger partial charge in [0.2, 0.25) is 5.91 Å². The van der Waals surface area contributed by atoms with Crippen LogP contribution < -0.4 is 0 Å². The summed E-state index contributed by atoms with van der Waals surface area (Å²) in [6, 6.07) is 9.62. The Hall–Kier alpha value is -2.10. The zero-order valence-corrected chi connectivity index (χ0v) is 12.0. The zero-order chi connectivity index (χ0) is 14.8. The number of amides is 1. The van der Waals surface area contributed by atoms with Crippen molar-refractivity contribution in [3.05, 3.63) is 42.0 Å². The molecule has 0 spiro atoms. The third-order valence-electron chi connectivity index (χ3n) is 2.80. The van der Waals surface area contributed by atoms with Gasteiger partial charge in [0.1, 0.15) is 0 Å². The molecule has 0 aromatic heterocycles. The van der Waals surface area contributed by atoms with E-state index in [1.54, 1.807) is 17.9 Å². The van der Waals surface area contributed by atoms with Gasteiger partial charge >= 0.3 is 5.97 Å².